The van der Waals surface area contributed by atoms with Crippen LogP contribution in [0.5, 0.6) is 0 Å². The third kappa shape index (κ3) is 3.19. The summed E-state index contributed by atoms with van der Waals surface area (Å²) >= 11 is 0. The Labute approximate surface area is 62.7 Å². The van der Waals surface area contributed by atoms with E-state index in [0.29, 0.717) is 0 Å². The van der Waals surface area contributed by atoms with Gasteiger partial charge in [0.2, 0.25) is 17.7 Å². The van der Waals surface area contributed by atoms with Crippen LogP contribution in [-0.4, -0.2) is 17.7 Å². The van der Waals surface area contributed by atoms with Crippen molar-refractivity contribution in [2.45, 2.75) is 6.42 Å². The van der Waals surface area contributed by atoms with Gasteiger partial charge in [0.05, 0.1) is 0 Å². The van der Waals surface area contributed by atoms with Crippen molar-refractivity contribution in [1.29, 1.82) is 0 Å². The third-order valence-corrected chi connectivity index (χ3v) is 1.09. The lowest BCUT2D eigenvalue weighted by atomic mass is 10.0. The highest BCUT2D eigenvalue weighted by Crippen LogP contribution is 1.99. The second kappa shape index (κ2) is 3.55. The lowest BCUT2D eigenvalue weighted by Crippen LogP contribution is -2.37. The van der Waals surface area contributed by atoms with Crippen molar-refractivity contribution in [2.24, 2.45) is 23.1 Å². The van der Waals surface area contributed by atoms with Crippen molar-refractivity contribution >= 4 is 17.7 Å². The van der Waals surface area contributed by atoms with Gasteiger partial charge in [-0.15, -0.1) is 0 Å². The molecule has 3 amide bonds. The Morgan fingerprint density at radius 3 is 1.45 bits per heavy atom. The second-order valence-corrected chi connectivity index (χ2v) is 2.03. The van der Waals surface area contributed by atoms with Crippen LogP contribution in [0.1, 0.15) is 6.42 Å². The molecule has 6 nitrogen and oxygen atoms in total. The molecule has 0 unspecified atom stereocenters. The molecule has 0 saturated heterocycles. The van der Waals surface area contributed by atoms with Crippen molar-refractivity contribution in [3.63, 3.8) is 0 Å². The number of amides is 3. The summed E-state index contributed by atoms with van der Waals surface area (Å²) in [5, 5.41) is 0. The van der Waals surface area contributed by atoms with Crippen LogP contribution in [0.4, 0.5) is 0 Å². The zero-order valence-corrected chi connectivity index (χ0v) is 5.74. The van der Waals surface area contributed by atoms with Crippen LogP contribution in [0.2, 0.25) is 0 Å². The average Bonchev–Trinajstić information content (AvgIpc) is 1.81. The average molecular weight is 159 g/mol. The van der Waals surface area contributed by atoms with E-state index in [9.17, 15) is 14.4 Å². The molecule has 0 fully saturated rings. The lowest BCUT2D eigenvalue weighted by Gasteiger charge is -2.04. The minimum Gasteiger partial charge on any atom is -0.370 e. The Kier molecular flexibility index (Phi) is 3.03. The van der Waals surface area contributed by atoms with Crippen LogP contribution in [0.3, 0.4) is 0 Å². The van der Waals surface area contributed by atoms with Gasteiger partial charge >= 0.3 is 0 Å². The minimum absolute atomic E-state index is 0.426. The van der Waals surface area contributed by atoms with Gasteiger partial charge in [0, 0.05) is 6.42 Å². The minimum atomic E-state index is -1.28. The SMILES string of the molecule is NC(=O)CC(C(N)=O)C(N)=O. The highest BCUT2D eigenvalue weighted by Gasteiger charge is 2.23. The maximum Gasteiger partial charge on any atom is 0.230 e. The largest absolute Gasteiger partial charge is 0.370 e. The molecule has 0 atom stereocenters. The number of hydrogen-bond donors (Lipinski definition) is 3. The lowest BCUT2D eigenvalue weighted by molar-refractivity contribution is -0.135. The molecule has 0 heterocycles. The van der Waals surface area contributed by atoms with E-state index in [-0.39, 0.29) is 0 Å². The molecule has 0 rings (SSSR count). The molecule has 0 aliphatic carbocycles. The van der Waals surface area contributed by atoms with E-state index in [1.54, 1.807) is 0 Å². The highest BCUT2D eigenvalue weighted by molar-refractivity contribution is 6.01. The van der Waals surface area contributed by atoms with Gasteiger partial charge in [-0.25, -0.2) is 0 Å². The van der Waals surface area contributed by atoms with Crippen LogP contribution in [0.15, 0.2) is 0 Å². The van der Waals surface area contributed by atoms with E-state index in [4.69, 9.17) is 17.2 Å². The van der Waals surface area contributed by atoms with Gasteiger partial charge < -0.3 is 17.2 Å². The first kappa shape index (κ1) is 9.41. The maximum absolute atomic E-state index is 10.4. The monoisotopic (exact) mass is 159 g/mol. The molecular weight excluding hydrogens is 150 g/mol. The van der Waals surface area contributed by atoms with E-state index in [1.165, 1.54) is 0 Å². The van der Waals surface area contributed by atoms with Crippen LogP contribution in [0.25, 0.3) is 0 Å². The van der Waals surface area contributed by atoms with Crippen LogP contribution in [0, 0.1) is 5.92 Å². The molecule has 0 aromatic heterocycles. The molecule has 62 valence electrons. The van der Waals surface area contributed by atoms with Crippen molar-refractivity contribution in [3.8, 4) is 0 Å². The van der Waals surface area contributed by atoms with Crippen LogP contribution in [-0.2, 0) is 14.4 Å². The number of nitrogens with two attached hydrogens (primary N) is 3. The van der Waals surface area contributed by atoms with E-state index in [0.717, 1.165) is 0 Å². The Morgan fingerprint density at radius 2 is 1.36 bits per heavy atom. The summed E-state index contributed by atoms with van der Waals surface area (Å²) in [6, 6.07) is 0. The van der Waals surface area contributed by atoms with Crippen LogP contribution < -0.4 is 17.2 Å². The molecule has 0 aromatic rings. The predicted molar refractivity (Wildman–Crippen MR) is 35.7 cm³/mol. The van der Waals surface area contributed by atoms with Crippen LogP contribution >= 0.6 is 0 Å². The normalized spacial score (nSPS) is 9.55. The van der Waals surface area contributed by atoms with Gasteiger partial charge in [-0.1, -0.05) is 0 Å². The molecule has 0 aliphatic rings. The fraction of sp³-hybridized carbons (Fsp3) is 0.400. The molecule has 0 radical (unpaired) electrons. The third-order valence-electron chi connectivity index (χ3n) is 1.09. The molecule has 0 aliphatic heterocycles. The number of hydrogen-bond acceptors (Lipinski definition) is 3. The van der Waals surface area contributed by atoms with Crippen molar-refractivity contribution < 1.29 is 14.4 Å². The number of rotatable bonds is 4. The summed E-state index contributed by atoms with van der Waals surface area (Å²) in [5.74, 6) is -3.94. The number of carbonyl (C=O) groups excluding carboxylic acids is 3. The predicted octanol–water partition coefficient (Wildman–Crippen LogP) is -2.55. The maximum atomic E-state index is 10.4. The molecule has 11 heavy (non-hydrogen) atoms. The molecule has 0 saturated carbocycles. The molecule has 0 aromatic carbocycles. The van der Waals surface area contributed by atoms with Crippen molar-refractivity contribution in [3.05, 3.63) is 0 Å². The Morgan fingerprint density at radius 1 is 1.00 bits per heavy atom. The van der Waals surface area contributed by atoms with Gasteiger partial charge in [-0.2, -0.15) is 0 Å². The topological polar surface area (TPSA) is 129 Å². The molecule has 0 spiro atoms. The summed E-state index contributed by atoms with van der Waals surface area (Å²) in [6.07, 6.45) is -0.426. The Bertz CT molecular complexity index is 187. The Balaban J connectivity index is 4.23. The number of carbonyl (C=O) groups is 3. The molecule has 6 N–H and O–H groups in total. The van der Waals surface area contributed by atoms with Gasteiger partial charge in [0.15, 0.2) is 0 Å². The fourth-order valence-electron chi connectivity index (χ4n) is 0.543. The standard InChI is InChI=1S/C5H9N3O3/c6-3(9)1-2(4(7)10)5(8)11/h2H,1H2,(H2,6,9)(H2,7,10)(H2,8,11). The summed E-state index contributed by atoms with van der Waals surface area (Å²) in [7, 11) is 0. The second-order valence-electron chi connectivity index (χ2n) is 2.03. The smallest absolute Gasteiger partial charge is 0.230 e. The first-order valence-corrected chi connectivity index (χ1v) is 2.82. The zero-order valence-electron chi connectivity index (χ0n) is 5.74. The van der Waals surface area contributed by atoms with Gasteiger partial charge in [-0.05, 0) is 0 Å². The van der Waals surface area contributed by atoms with Gasteiger partial charge in [0.1, 0.15) is 5.92 Å². The summed E-state index contributed by atoms with van der Waals surface area (Å²) in [4.78, 5) is 31.0. The quantitative estimate of drug-likeness (QED) is 0.390. The zero-order chi connectivity index (χ0) is 9.02. The molecule has 6 heteroatoms. The fourth-order valence-corrected chi connectivity index (χ4v) is 0.543. The summed E-state index contributed by atoms with van der Waals surface area (Å²) in [6.45, 7) is 0. The summed E-state index contributed by atoms with van der Waals surface area (Å²) in [5.41, 5.74) is 14.2. The summed E-state index contributed by atoms with van der Waals surface area (Å²) < 4.78 is 0. The first-order valence-electron chi connectivity index (χ1n) is 2.82. The number of primary amides is 3. The van der Waals surface area contributed by atoms with Crippen molar-refractivity contribution in [2.75, 3.05) is 0 Å². The van der Waals surface area contributed by atoms with E-state index < -0.39 is 30.1 Å². The molecular formula is C5H9N3O3. The van der Waals surface area contributed by atoms with Gasteiger partial charge in [0.25, 0.3) is 0 Å². The first-order chi connectivity index (χ1) is 4.95. The highest BCUT2D eigenvalue weighted by atomic mass is 16.2. The molecule has 0 bridgehead atoms. The van der Waals surface area contributed by atoms with E-state index in [1.807, 2.05) is 0 Å². The van der Waals surface area contributed by atoms with Crippen molar-refractivity contribution in [1.82, 2.24) is 0 Å². The van der Waals surface area contributed by atoms with E-state index >= 15 is 0 Å². The Hall–Kier alpha value is -1.59. The van der Waals surface area contributed by atoms with Gasteiger partial charge in [-0.3, -0.25) is 14.4 Å². The van der Waals surface area contributed by atoms with E-state index in [2.05, 4.69) is 0 Å².